The standard InChI is InChI=1S/C9H8ClNO4.C7H6ClN3O2.C7H2ClN3.CH3F.Cl2OS.H3N.H2O/c1-14-8(12)5-3-4-6(10)11-7(5)9(13)15-2;8-4-2-1-3(6(9)12)5(11-4)7(10)13;1-9-5-3-4-6(8)11-7(5)10-2;1-2;1-4(2)3;;/h3-4H,1-2H3;1-2H,(H2,9,12)(H2,10,13);3-4H;1H3;;1H3;1H2/i;;;1D;;;. The van der Waals surface area contributed by atoms with Crippen molar-refractivity contribution in [2.75, 3.05) is 21.4 Å². The fourth-order valence-corrected chi connectivity index (χ4v) is 2.81. The highest BCUT2D eigenvalue weighted by Crippen LogP contribution is 2.26. The van der Waals surface area contributed by atoms with Crippen molar-refractivity contribution in [1.82, 2.24) is 21.1 Å². The number of ether oxygens (including phenoxy) is 2. The van der Waals surface area contributed by atoms with Gasteiger partial charge in [0.1, 0.15) is 16.0 Å². The molecule has 3 aromatic heterocycles. The van der Waals surface area contributed by atoms with Gasteiger partial charge in [0.25, 0.3) is 17.6 Å². The Kier molecular flexibility index (Phi) is 27.0. The molecule has 256 valence electrons. The van der Waals surface area contributed by atoms with Crippen LogP contribution in [0.4, 0.5) is 15.9 Å². The molecule has 0 aliphatic heterocycles. The average Bonchev–Trinajstić information content (AvgIpc) is 3.00. The molecular weight excluding hydrogens is 757 g/mol. The lowest BCUT2D eigenvalue weighted by atomic mass is 10.2. The van der Waals surface area contributed by atoms with Crippen molar-refractivity contribution >= 4 is 101 Å². The van der Waals surface area contributed by atoms with E-state index in [4.69, 9.17) is 65.0 Å². The second-order valence-electron chi connectivity index (χ2n) is 6.66. The zero-order valence-electron chi connectivity index (χ0n) is 24.8. The summed E-state index contributed by atoms with van der Waals surface area (Å²) in [6, 6.07) is 8.37. The van der Waals surface area contributed by atoms with Crippen LogP contribution in [0.2, 0.25) is 15.5 Å². The number of carbonyl (C=O) groups excluding carboxylic acids is 4. The average molecular weight is 782 g/mol. The minimum absolute atomic E-state index is 0. The SMILES string of the molecule is COC(=O)c1ccc(Cl)nc1C(=O)OC.N.NC(=O)c1ccc(Cl)nc1C(N)=O.O.O=S(Cl)Cl.[2H]CF.[C-]#[N+]c1ccc(Cl)nc1[N+]#[C-]. The topological polar surface area (TPSA) is 270 Å². The molecule has 0 bridgehead atoms. The van der Waals surface area contributed by atoms with Gasteiger partial charge in [-0.2, -0.15) is 0 Å². The summed E-state index contributed by atoms with van der Waals surface area (Å²) in [6.45, 7) is 13.3. The molecular formula is C24H24Cl5FN8O8S. The number of hydrogen-bond donors (Lipinski definition) is 3. The molecule has 0 saturated carbocycles. The highest BCUT2D eigenvalue weighted by atomic mass is 36.0. The molecule has 23 heteroatoms. The number of esters is 2. The molecule has 0 spiro atoms. The molecule has 9 N–H and O–H groups in total. The van der Waals surface area contributed by atoms with E-state index in [-0.39, 0.29) is 61.1 Å². The van der Waals surface area contributed by atoms with Crippen LogP contribution in [0.25, 0.3) is 9.69 Å². The quantitative estimate of drug-likeness (QED) is 0.136. The van der Waals surface area contributed by atoms with Crippen molar-refractivity contribution in [2.24, 2.45) is 11.5 Å². The van der Waals surface area contributed by atoms with E-state index in [2.05, 4.69) is 55.5 Å². The summed E-state index contributed by atoms with van der Waals surface area (Å²) < 4.78 is 33.5. The van der Waals surface area contributed by atoms with Crippen LogP contribution in [0.1, 0.15) is 43.1 Å². The van der Waals surface area contributed by atoms with Gasteiger partial charge in [0.15, 0.2) is 5.69 Å². The lowest BCUT2D eigenvalue weighted by molar-refractivity contribution is 0.0550. The van der Waals surface area contributed by atoms with E-state index in [1.165, 1.54) is 50.6 Å². The van der Waals surface area contributed by atoms with Crippen molar-refractivity contribution in [3.63, 3.8) is 0 Å². The van der Waals surface area contributed by atoms with Crippen molar-refractivity contribution in [1.29, 1.82) is 0 Å². The van der Waals surface area contributed by atoms with Gasteiger partial charge in [0.05, 0.1) is 40.4 Å². The summed E-state index contributed by atoms with van der Waals surface area (Å²) in [5.41, 5.74) is 9.79. The molecule has 0 fully saturated rings. The first-order valence-corrected chi connectivity index (χ1v) is 14.6. The van der Waals surface area contributed by atoms with Crippen LogP contribution in [0.15, 0.2) is 36.4 Å². The summed E-state index contributed by atoms with van der Waals surface area (Å²) >= 11 is 16.6. The van der Waals surface area contributed by atoms with Crippen LogP contribution in [0, 0.1) is 13.1 Å². The number of methoxy groups -OCH3 is 2. The van der Waals surface area contributed by atoms with Gasteiger partial charge >= 0.3 is 11.9 Å². The maximum Gasteiger partial charge on any atom is 0.357 e. The number of aromatic nitrogens is 3. The first-order valence-electron chi connectivity index (χ1n) is 11.4. The predicted molar refractivity (Wildman–Crippen MR) is 175 cm³/mol. The fraction of sp³-hybridized carbons (Fsp3) is 0.125. The van der Waals surface area contributed by atoms with Crippen LogP contribution >= 0.6 is 56.2 Å². The molecule has 0 saturated heterocycles. The third-order valence-corrected chi connectivity index (χ3v) is 4.68. The molecule has 3 rings (SSSR count). The van der Waals surface area contributed by atoms with Crippen LogP contribution in [0.3, 0.4) is 0 Å². The van der Waals surface area contributed by atoms with E-state index in [0.29, 0.717) is 0 Å². The molecule has 0 radical (unpaired) electrons. The normalized spacial score (nSPS) is 8.79. The second-order valence-corrected chi connectivity index (χ2v) is 10.3. The van der Waals surface area contributed by atoms with E-state index < -0.39 is 40.1 Å². The Morgan fingerprint density at radius 1 is 0.809 bits per heavy atom. The second kappa shape index (κ2) is 26.9. The minimum Gasteiger partial charge on any atom is -0.465 e. The molecule has 0 aliphatic rings. The molecule has 0 atom stereocenters. The number of amides is 2. The molecule has 3 heterocycles. The van der Waals surface area contributed by atoms with E-state index in [9.17, 15) is 23.6 Å². The number of carbonyl (C=O) groups is 4. The Morgan fingerprint density at radius 2 is 1.21 bits per heavy atom. The molecule has 0 aliphatic carbocycles. The van der Waals surface area contributed by atoms with Gasteiger partial charge in [-0.1, -0.05) is 35.8 Å². The lowest BCUT2D eigenvalue weighted by Crippen LogP contribution is -2.22. The Hall–Kier alpha value is -4.24. The number of alkyl halides is 1. The molecule has 0 unspecified atom stereocenters. The number of primary amides is 2. The maximum absolute atomic E-state index is 11.3. The Morgan fingerprint density at radius 3 is 1.60 bits per heavy atom. The van der Waals surface area contributed by atoms with Crippen LogP contribution in [-0.2, 0) is 18.7 Å². The zero-order valence-corrected chi connectivity index (χ0v) is 28.4. The Balaban J connectivity index is -0.000000272. The zero-order chi connectivity index (χ0) is 36.0. The van der Waals surface area contributed by atoms with Crippen molar-refractivity contribution < 1.29 is 44.1 Å². The number of pyridine rings is 3. The highest BCUT2D eigenvalue weighted by Gasteiger charge is 2.20. The van der Waals surface area contributed by atoms with E-state index >= 15 is 0 Å². The lowest BCUT2D eigenvalue weighted by Gasteiger charge is -2.04. The van der Waals surface area contributed by atoms with Crippen molar-refractivity contribution in [2.45, 2.75) is 0 Å². The molecule has 0 aromatic carbocycles. The summed E-state index contributed by atoms with van der Waals surface area (Å²) in [7, 11) is 8.75. The summed E-state index contributed by atoms with van der Waals surface area (Å²) in [4.78, 5) is 61.1. The van der Waals surface area contributed by atoms with Gasteiger partial charge in [-0.15, -0.1) is 4.98 Å². The summed E-state index contributed by atoms with van der Waals surface area (Å²) in [5.74, 6) is -2.95. The predicted octanol–water partition coefficient (Wildman–Crippen LogP) is 5.04. The van der Waals surface area contributed by atoms with Crippen molar-refractivity contribution in [3.05, 3.63) is 97.2 Å². The minimum atomic E-state index is -1.67. The van der Waals surface area contributed by atoms with Gasteiger partial charge in [0.2, 0.25) is 20.1 Å². The van der Waals surface area contributed by atoms with Crippen LogP contribution < -0.4 is 17.6 Å². The highest BCUT2D eigenvalue weighted by molar-refractivity contribution is 8.26. The summed E-state index contributed by atoms with van der Waals surface area (Å²) in [5, 5.41) is 0.422. The monoisotopic (exact) mass is 779 g/mol. The number of nitrogens with two attached hydrogens (primary N) is 2. The fourth-order valence-electron chi connectivity index (χ4n) is 2.37. The third kappa shape index (κ3) is 19.1. The first kappa shape index (κ1) is 47.2. The van der Waals surface area contributed by atoms with Gasteiger partial charge < -0.3 is 37.4 Å². The summed E-state index contributed by atoms with van der Waals surface area (Å²) in [6.07, 6.45) is 0. The number of halogens is 6. The first-order chi connectivity index (χ1) is 21.5. The van der Waals surface area contributed by atoms with Crippen LogP contribution in [-0.4, -0.2) is 69.8 Å². The Bertz CT molecular complexity index is 1650. The van der Waals surface area contributed by atoms with E-state index in [0.717, 1.165) is 0 Å². The van der Waals surface area contributed by atoms with E-state index in [1.54, 1.807) is 0 Å². The Labute approximate surface area is 294 Å². The number of rotatable bonds is 4. The van der Waals surface area contributed by atoms with Gasteiger partial charge in [-0.3, -0.25) is 14.0 Å². The number of hydrogen-bond acceptors (Lipinski definition) is 11. The van der Waals surface area contributed by atoms with E-state index in [1.807, 2.05) is 0 Å². The van der Waals surface area contributed by atoms with Crippen molar-refractivity contribution in [3.8, 4) is 0 Å². The molecule has 2 amide bonds. The number of nitrogens with zero attached hydrogens (tertiary/aromatic N) is 5. The van der Waals surface area contributed by atoms with Gasteiger partial charge in [0, 0.05) is 21.4 Å². The molecule has 16 nitrogen and oxygen atoms in total. The smallest absolute Gasteiger partial charge is 0.357 e. The maximum atomic E-state index is 11.3. The largest absolute Gasteiger partial charge is 0.465 e. The van der Waals surface area contributed by atoms with Gasteiger partial charge in [-0.25, -0.2) is 28.6 Å². The van der Waals surface area contributed by atoms with Gasteiger partial charge in [-0.05, 0) is 41.9 Å². The molecule has 3 aromatic rings. The third-order valence-electron chi connectivity index (χ3n) is 4.05. The molecule has 47 heavy (non-hydrogen) atoms. The van der Waals surface area contributed by atoms with Crippen LogP contribution in [0.5, 0.6) is 0 Å².